The second-order valence-corrected chi connectivity index (χ2v) is 4.93. The van der Waals surface area contributed by atoms with E-state index in [2.05, 4.69) is 22.1 Å². The minimum absolute atomic E-state index is 0.127. The van der Waals surface area contributed by atoms with Crippen molar-refractivity contribution in [1.82, 2.24) is 19.7 Å². The highest BCUT2D eigenvalue weighted by atomic mass is 32.1. The predicted octanol–water partition coefficient (Wildman–Crippen LogP) is 0.966. The van der Waals surface area contributed by atoms with Crippen molar-refractivity contribution in [2.45, 2.75) is 25.8 Å². The van der Waals surface area contributed by atoms with Gasteiger partial charge in [0.15, 0.2) is 4.77 Å². The number of rotatable bonds is 3. The summed E-state index contributed by atoms with van der Waals surface area (Å²) in [7, 11) is 2.16. The highest BCUT2D eigenvalue weighted by molar-refractivity contribution is 7.71. The molecule has 1 fully saturated rings. The maximum absolute atomic E-state index is 11.4. The van der Waals surface area contributed by atoms with E-state index < -0.39 is 0 Å². The Labute approximate surface area is 99.5 Å². The Morgan fingerprint density at radius 1 is 1.38 bits per heavy atom. The molecule has 1 saturated heterocycles. The van der Waals surface area contributed by atoms with E-state index in [1.165, 1.54) is 25.9 Å². The van der Waals surface area contributed by atoms with Gasteiger partial charge in [0, 0.05) is 6.54 Å². The van der Waals surface area contributed by atoms with Crippen molar-refractivity contribution in [3.63, 3.8) is 0 Å². The maximum Gasteiger partial charge on any atom is 0.342 e. The molecular weight excluding hydrogens is 224 g/mol. The van der Waals surface area contributed by atoms with Crippen LogP contribution in [0.25, 0.3) is 0 Å². The Kier molecular flexibility index (Phi) is 3.60. The van der Waals surface area contributed by atoms with Gasteiger partial charge in [-0.1, -0.05) is 0 Å². The van der Waals surface area contributed by atoms with Crippen molar-refractivity contribution in [3.05, 3.63) is 15.3 Å². The number of hydrogen-bond donors (Lipinski definition) is 2. The van der Waals surface area contributed by atoms with Crippen LogP contribution < -0.4 is 5.69 Å². The molecule has 5 nitrogen and oxygen atoms in total. The molecule has 0 spiro atoms. The molecule has 16 heavy (non-hydrogen) atoms. The van der Waals surface area contributed by atoms with E-state index in [0.717, 1.165) is 18.9 Å². The zero-order chi connectivity index (χ0) is 11.5. The molecule has 0 aliphatic carbocycles. The first kappa shape index (κ1) is 11.6. The van der Waals surface area contributed by atoms with Gasteiger partial charge in [0.1, 0.15) is 0 Å². The van der Waals surface area contributed by atoms with Gasteiger partial charge in [-0.15, -0.1) is 0 Å². The molecule has 1 aliphatic rings. The zero-order valence-electron chi connectivity index (χ0n) is 9.53. The standard InChI is InChI=1S/C10H18N4OS/c1-13-5-2-8(3-6-13)4-7-14-9(15)11-12-10(14)16/h8H,2-7H2,1H3,(H,11,15)(H,12,16). The summed E-state index contributed by atoms with van der Waals surface area (Å²) >= 11 is 5.03. The fraction of sp³-hybridized carbons (Fsp3) is 0.800. The van der Waals surface area contributed by atoms with Crippen molar-refractivity contribution in [3.8, 4) is 0 Å². The van der Waals surface area contributed by atoms with Gasteiger partial charge in [-0.05, 0) is 57.5 Å². The summed E-state index contributed by atoms with van der Waals surface area (Å²) in [6.07, 6.45) is 3.50. The normalized spacial score (nSPS) is 19.1. The fourth-order valence-corrected chi connectivity index (χ4v) is 2.42. The van der Waals surface area contributed by atoms with Crippen LogP contribution in [0.2, 0.25) is 0 Å². The number of nitrogens with one attached hydrogen (secondary N) is 2. The van der Waals surface area contributed by atoms with Crippen molar-refractivity contribution >= 4 is 12.2 Å². The molecule has 2 N–H and O–H groups in total. The smallest absolute Gasteiger partial charge is 0.306 e. The second-order valence-electron chi connectivity index (χ2n) is 4.55. The Morgan fingerprint density at radius 2 is 2.06 bits per heavy atom. The molecular formula is C10H18N4OS. The first-order chi connectivity index (χ1) is 7.66. The molecule has 0 aromatic carbocycles. The number of nitrogens with zero attached hydrogens (tertiary/aromatic N) is 2. The van der Waals surface area contributed by atoms with Crippen LogP contribution in [0.15, 0.2) is 4.79 Å². The summed E-state index contributed by atoms with van der Waals surface area (Å²) in [6.45, 7) is 3.06. The van der Waals surface area contributed by atoms with Crippen molar-refractivity contribution in [2.24, 2.45) is 5.92 Å². The topological polar surface area (TPSA) is 56.8 Å². The van der Waals surface area contributed by atoms with Crippen LogP contribution >= 0.6 is 12.2 Å². The number of likely N-dealkylation sites (tertiary alicyclic amines) is 1. The van der Waals surface area contributed by atoms with E-state index in [1.807, 2.05) is 0 Å². The highest BCUT2D eigenvalue weighted by Gasteiger charge is 2.16. The Morgan fingerprint density at radius 3 is 2.62 bits per heavy atom. The Bertz CT molecular complexity index is 411. The van der Waals surface area contributed by atoms with Gasteiger partial charge < -0.3 is 4.90 Å². The van der Waals surface area contributed by atoms with Crippen LogP contribution in [0.1, 0.15) is 19.3 Å². The van der Waals surface area contributed by atoms with E-state index >= 15 is 0 Å². The van der Waals surface area contributed by atoms with Crippen LogP contribution in [0.5, 0.6) is 0 Å². The summed E-state index contributed by atoms with van der Waals surface area (Å²) in [5.41, 5.74) is -0.127. The van der Waals surface area contributed by atoms with Crippen LogP contribution in [0, 0.1) is 10.7 Å². The number of H-pyrrole nitrogens is 2. The molecule has 2 heterocycles. The lowest BCUT2D eigenvalue weighted by molar-refractivity contribution is 0.207. The van der Waals surface area contributed by atoms with E-state index in [1.54, 1.807) is 4.57 Å². The van der Waals surface area contributed by atoms with Crippen molar-refractivity contribution in [1.29, 1.82) is 0 Å². The monoisotopic (exact) mass is 242 g/mol. The van der Waals surface area contributed by atoms with Crippen molar-refractivity contribution < 1.29 is 0 Å². The molecule has 1 aliphatic heterocycles. The van der Waals surface area contributed by atoms with Gasteiger partial charge in [-0.3, -0.25) is 9.67 Å². The predicted molar refractivity (Wildman–Crippen MR) is 65.1 cm³/mol. The zero-order valence-corrected chi connectivity index (χ0v) is 10.3. The van der Waals surface area contributed by atoms with E-state index in [9.17, 15) is 4.79 Å². The summed E-state index contributed by atoms with van der Waals surface area (Å²) in [4.78, 5) is 13.7. The van der Waals surface area contributed by atoms with Crippen LogP contribution in [0.3, 0.4) is 0 Å². The molecule has 0 radical (unpaired) electrons. The van der Waals surface area contributed by atoms with Crippen LogP contribution in [0.4, 0.5) is 0 Å². The van der Waals surface area contributed by atoms with Gasteiger partial charge in [0.05, 0.1) is 0 Å². The third-order valence-electron chi connectivity index (χ3n) is 3.37. The molecule has 0 saturated carbocycles. The SMILES string of the molecule is CN1CCC(CCn2c(=O)[nH][nH]c2=S)CC1. The average molecular weight is 242 g/mol. The summed E-state index contributed by atoms with van der Waals surface area (Å²) < 4.78 is 2.10. The maximum atomic E-state index is 11.4. The van der Waals surface area contributed by atoms with Crippen molar-refractivity contribution in [2.75, 3.05) is 20.1 Å². The molecule has 0 unspecified atom stereocenters. The van der Waals surface area contributed by atoms with E-state index in [0.29, 0.717) is 4.77 Å². The van der Waals surface area contributed by atoms with Gasteiger partial charge in [0.25, 0.3) is 0 Å². The van der Waals surface area contributed by atoms with E-state index in [-0.39, 0.29) is 5.69 Å². The molecule has 0 amide bonds. The van der Waals surface area contributed by atoms with Gasteiger partial charge >= 0.3 is 5.69 Å². The quantitative estimate of drug-likeness (QED) is 0.776. The third-order valence-corrected chi connectivity index (χ3v) is 3.69. The minimum atomic E-state index is -0.127. The Balaban J connectivity index is 1.88. The molecule has 2 rings (SSSR count). The molecule has 1 aromatic heterocycles. The molecule has 6 heteroatoms. The number of piperidine rings is 1. The van der Waals surface area contributed by atoms with Crippen LogP contribution in [-0.4, -0.2) is 39.8 Å². The molecule has 1 aromatic rings. The summed E-state index contributed by atoms with van der Waals surface area (Å²) in [5.74, 6) is 0.729. The van der Waals surface area contributed by atoms with Gasteiger partial charge in [0.2, 0.25) is 0 Å². The number of aromatic amines is 2. The lowest BCUT2D eigenvalue weighted by atomic mass is 9.94. The third kappa shape index (κ3) is 2.62. The number of hydrogen-bond acceptors (Lipinski definition) is 3. The largest absolute Gasteiger partial charge is 0.342 e. The summed E-state index contributed by atoms with van der Waals surface area (Å²) in [6, 6.07) is 0. The fourth-order valence-electron chi connectivity index (χ4n) is 2.20. The molecule has 0 atom stereocenters. The van der Waals surface area contributed by atoms with Gasteiger partial charge in [-0.25, -0.2) is 9.89 Å². The first-order valence-corrected chi connectivity index (χ1v) is 6.13. The highest BCUT2D eigenvalue weighted by Crippen LogP contribution is 2.19. The van der Waals surface area contributed by atoms with E-state index in [4.69, 9.17) is 12.2 Å². The lowest BCUT2D eigenvalue weighted by Gasteiger charge is -2.28. The molecule has 0 bridgehead atoms. The second kappa shape index (κ2) is 4.97. The minimum Gasteiger partial charge on any atom is -0.306 e. The van der Waals surface area contributed by atoms with Gasteiger partial charge in [-0.2, -0.15) is 0 Å². The average Bonchev–Trinajstić information content (AvgIpc) is 2.59. The summed E-state index contributed by atoms with van der Waals surface area (Å²) in [5, 5.41) is 5.17. The first-order valence-electron chi connectivity index (χ1n) is 5.73. The molecule has 90 valence electrons. The van der Waals surface area contributed by atoms with Crippen LogP contribution in [-0.2, 0) is 6.54 Å². The number of aromatic nitrogens is 3. The Hall–Kier alpha value is -0.880. The lowest BCUT2D eigenvalue weighted by Crippen LogP contribution is -2.31.